The zero-order chi connectivity index (χ0) is 19.4. The lowest BCUT2D eigenvalue weighted by Crippen LogP contribution is -2.50. The summed E-state index contributed by atoms with van der Waals surface area (Å²) in [7, 11) is -1.50. The molecule has 4 rings (SSSR count). The van der Waals surface area contributed by atoms with Crippen LogP contribution in [0.15, 0.2) is 0 Å². The first kappa shape index (κ1) is 19.8. The molecule has 27 heavy (non-hydrogen) atoms. The maximum Gasteiger partial charge on any atom is 0.320 e. The Balaban J connectivity index is 1.43. The van der Waals surface area contributed by atoms with E-state index in [1.165, 1.54) is 0 Å². The van der Waals surface area contributed by atoms with Crippen molar-refractivity contribution >= 4 is 27.7 Å². The van der Waals surface area contributed by atoms with Crippen molar-refractivity contribution in [3.8, 4) is 0 Å². The normalized spacial score (nSPS) is 38.8. The van der Waals surface area contributed by atoms with Crippen molar-refractivity contribution in [1.29, 1.82) is 0 Å². The van der Waals surface area contributed by atoms with Crippen LogP contribution in [0.4, 0.5) is 4.79 Å². The van der Waals surface area contributed by atoms with Gasteiger partial charge < -0.3 is 9.80 Å². The van der Waals surface area contributed by atoms with E-state index in [1.54, 1.807) is 4.90 Å². The lowest BCUT2D eigenvalue weighted by Gasteiger charge is -2.37. The van der Waals surface area contributed by atoms with Gasteiger partial charge in [-0.25, -0.2) is 17.9 Å². The second-order valence-corrected chi connectivity index (χ2v) is 12.0. The molecule has 0 aromatic rings. The van der Waals surface area contributed by atoms with E-state index in [1.807, 2.05) is 18.9 Å². The van der Waals surface area contributed by atoms with E-state index in [2.05, 4.69) is 4.72 Å². The topological polar surface area (TPSA) is 69.7 Å². The molecule has 2 amide bonds. The second kappa shape index (κ2) is 7.06. The van der Waals surface area contributed by atoms with Gasteiger partial charge in [0.05, 0.1) is 17.3 Å². The van der Waals surface area contributed by atoms with Crippen LogP contribution in [0.3, 0.4) is 0 Å². The quantitative estimate of drug-likeness (QED) is 0.699. The van der Waals surface area contributed by atoms with Crippen LogP contribution >= 0.6 is 11.6 Å². The van der Waals surface area contributed by atoms with Gasteiger partial charge in [-0.1, -0.05) is 6.42 Å². The molecule has 6 nitrogen and oxygen atoms in total. The van der Waals surface area contributed by atoms with E-state index in [4.69, 9.17) is 11.6 Å². The Morgan fingerprint density at radius 2 is 1.89 bits per heavy atom. The number of fused-ring (bicyclic) bond motifs is 1. The van der Waals surface area contributed by atoms with Gasteiger partial charge in [0.25, 0.3) is 0 Å². The molecule has 0 aromatic carbocycles. The molecule has 1 aliphatic heterocycles. The van der Waals surface area contributed by atoms with E-state index < -0.39 is 15.3 Å². The number of likely N-dealkylation sites (N-methyl/N-ethyl adjacent to an activating group) is 1. The average molecular weight is 418 g/mol. The maximum atomic E-state index is 12.9. The van der Waals surface area contributed by atoms with Crippen molar-refractivity contribution in [3.63, 3.8) is 0 Å². The molecule has 154 valence electrons. The predicted octanol–water partition coefficient (Wildman–Crippen LogP) is 2.91. The predicted molar refractivity (Wildman–Crippen MR) is 106 cm³/mol. The number of nitrogens with one attached hydrogen (secondary N) is 1. The fourth-order valence-electron chi connectivity index (χ4n) is 5.24. The summed E-state index contributed by atoms with van der Waals surface area (Å²) in [4.78, 5) is 16.7. The number of carbonyl (C=O) groups excluding carboxylic acids is 1. The van der Waals surface area contributed by atoms with Gasteiger partial charge >= 0.3 is 6.03 Å². The van der Waals surface area contributed by atoms with Crippen LogP contribution in [-0.2, 0) is 10.0 Å². The van der Waals surface area contributed by atoms with Gasteiger partial charge in [0.1, 0.15) is 0 Å². The first-order valence-electron chi connectivity index (χ1n) is 10.4. The number of halogens is 1. The summed E-state index contributed by atoms with van der Waals surface area (Å²) in [6, 6.07) is 0.193. The Morgan fingerprint density at radius 1 is 1.15 bits per heavy atom. The van der Waals surface area contributed by atoms with Crippen molar-refractivity contribution in [1.82, 2.24) is 14.5 Å². The molecule has 1 heterocycles. The number of sulfonamides is 1. The van der Waals surface area contributed by atoms with E-state index in [-0.39, 0.29) is 29.0 Å². The van der Waals surface area contributed by atoms with Crippen LogP contribution in [0.5, 0.6) is 0 Å². The third-order valence-electron chi connectivity index (χ3n) is 7.18. The number of hydrogen-bond acceptors (Lipinski definition) is 3. The first-order valence-corrected chi connectivity index (χ1v) is 12.4. The molecule has 8 heteroatoms. The highest BCUT2D eigenvalue weighted by molar-refractivity contribution is 7.90. The van der Waals surface area contributed by atoms with Crippen molar-refractivity contribution in [2.75, 3.05) is 13.6 Å². The summed E-state index contributed by atoms with van der Waals surface area (Å²) < 4.78 is 28.5. The molecular formula is C19H32ClN3O3S. The zero-order valence-electron chi connectivity index (χ0n) is 16.4. The summed E-state index contributed by atoms with van der Waals surface area (Å²) in [5.41, 5.74) is -0.238. The molecule has 1 saturated heterocycles. The van der Waals surface area contributed by atoms with E-state index in [0.717, 1.165) is 51.5 Å². The van der Waals surface area contributed by atoms with Gasteiger partial charge in [-0.15, -0.1) is 11.6 Å². The van der Waals surface area contributed by atoms with Crippen molar-refractivity contribution in [2.24, 2.45) is 5.92 Å². The highest BCUT2D eigenvalue weighted by Crippen LogP contribution is 2.40. The molecule has 4 fully saturated rings. The monoisotopic (exact) mass is 417 g/mol. The third kappa shape index (κ3) is 3.97. The molecule has 3 saturated carbocycles. The molecular weight excluding hydrogens is 386 g/mol. The SMILES string of the molecule is CN1C(=O)N(CC2CCCC(Cl)C2)C2CCC(S(=O)(=O)NC3(C)CC3)CC21. The van der Waals surface area contributed by atoms with E-state index in [0.29, 0.717) is 18.8 Å². The number of hydrogen-bond donors (Lipinski definition) is 1. The van der Waals surface area contributed by atoms with E-state index >= 15 is 0 Å². The van der Waals surface area contributed by atoms with Crippen LogP contribution in [-0.4, -0.2) is 66.1 Å². The van der Waals surface area contributed by atoms with E-state index in [9.17, 15) is 13.2 Å². The fraction of sp³-hybridized carbons (Fsp3) is 0.947. The number of nitrogens with zero attached hydrogens (tertiary/aromatic N) is 2. The zero-order valence-corrected chi connectivity index (χ0v) is 17.9. The molecule has 4 aliphatic rings. The molecule has 5 unspecified atom stereocenters. The molecule has 1 N–H and O–H groups in total. The fourth-order valence-corrected chi connectivity index (χ4v) is 7.60. The first-order chi connectivity index (χ1) is 12.7. The van der Waals surface area contributed by atoms with Crippen molar-refractivity contribution < 1.29 is 13.2 Å². The Morgan fingerprint density at radius 3 is 2.56 bits per heavy atom. The standard InChI is InChI=1S/C19H32ClN3O3S/c1-19(8-9-19)21-27(25,26)15-6-7-16-17(11-15)22(2)18(24)23(16)12-13-4-3-5-14(20)10-13/h13-17,21H,3-12H2,1-2H3. The van der Waals surface area contributed by atoms with Gasteiger partial charge in [0.2, 0.25) is 10.0 Å². The number of amides is 2. The van der Waals surface area contributed by atoms with Crippen molar-refractivity contribution in [3.05, 3.63) is 0 Å². The lowest BCUT2D eigenvalue weighted by molar-refractivity contribution is 0.164. The van der Waals surface area contributed by atoms with Crippen LogP contribution in [0.2, 0.25) is 0 Å². The Kier molecular flexibility index (Phi) is 5.17. The molecule has 0 radical (unpaired) electrons. The molecule has 0 bridgehead atoms. The Bertz CT molecular complexity index is 696. The van der Waals surface area contributed by atoms with Crippen LogP contribution in [0, 0.1) is 5.92 Å². The van der Waals surface area contributed by atoms with Crippen molar-refractivity contribution in [2.45, 2.75) is 93.0 Å². The smallest absolute Gasteiger partial charge is 0.320 e. The summed E-state index contributed by atoms with van der Waals surface area (Å²) in [5.74, 6) is 0.468. The number of rotatable bonds is 5. The number of alkyl halides is 1. The Labute approximate surface area is 168 Å². The second-order valence-electron chi connectivity index (χ2n) is 9.45. The largest absolute Gasteiger partial charge is 0.323 e. The lowest BCUT2D eigenvalue weighted by atomic mass is 9.86. The average Bonchev–Trinajstić information content (AvgIpc) is 3.28. The molecule has 0 aromatic heterocycles. The summed E-state index contributed by atoms with van der Waals surface area (Å²) >= 11 is 6.34. The van der Waals surface area contributed by atoms with Gasteiger partial charge in [-0.3, -0.25) is 0 Å². The minimum Gasteiger partial charge on any atom is -0.323 e. The summed E-state index contributed by atoms with van der Waals surface area (Å²) in [6.45, 7) is 2.73. The highest BCUT2D eigenvalue weighted by atomic mass is 35.5. The summed E-state index contributed by atoms with van der Waals surface area (Å²) in [6.07, 6.45) is 8.09. The van der Waals surface area contributed by atoms with Crippen LogP contribution in [0.25, 0.3) is 0 Å². The minimum atomic E-state index is -3.33. The summed E-state index contributed by atoms with van der Waals surface area (Å²) in [5, 5.41) is -0.168. The molecule has 0 spiro atoms. The third-order valence-corrected chi connectivity index (χ3v) is 9.66. The Hall–Kier alpha value is -0.530. The highest BCUT2D eigenvalue weighted by Gasteiger charge is 2.51. The van der Waals surface area contributed by atoms with Gasteiger partial charge in [-0.2, -0.15) is 0 Å². The number of urea groups is 1. The molecule has 3 aliphatic carbocycles. The molecule has 5 atom stereocenters. The number of carbonyl (C=O) groups is 1. The van der Waals surface area contributed by atoms with Crippen LogP contribution in [0.1, 0.15) is 64.7 Å². The van der Waals surface area contributed by atoms with Gasteiger partial charge in [0, 0.05) is 24.5 Å². The maximum absolute atomic E-state index is 12.9. The van der Waals surface area contributed by atoms with Gasteiger partial charge in [-0.05, 0) is 64.2 Å². The minimum absolute atomic E-state index is 0.00442. The van der Waals surface area contributed by atoms with Crippen LogP contribution < -0.4 is 4.72 Å². The van der Waals surface area contributed by atoms with Gasteiger partial charge in [0.15, 0.2) is 0 Å².